The van der Waals surface area contributed by atoms with Crippen LogP contribution >= 0.6 is 0 Å². The lowest BCUT2D eigenvalue weighted by molar-refractivity contribution is 0.291. The Labute approximate surface area is 136 Å². The highest BCUT2D eigenvalue weighted by Crippen LogP contribution is 2.22. The molecule has 0 bridgehead atoms. The maximum absolute atomic E-state index is 5.23. The van der Waals surface area contributed by atoms with Crippen molar-refractivity contribution in [1.29, 1.82) is 0 Å². The number of aliphatic imine (C=N–C) groups is 1. The molecule has 0 spiro atoms. The first kappa shape index (κ1) is 19.2. The second-order valence-corrected chi connectivity index (χ2v) is 6.64. The number of hydrogen-bond donors (Lipinski definition) is 4. The molecule has 0 heterocycles. The number of guanidine groups is 1. The third-order valence-corrected chi connectivity index (χ3v) is 4.59. The van der Waals surface area contributed by atoms with E-state index < -0.39 is 0 Å². The highest BCUT2D eigenvalue weighted by atomic mass is 15.0. The van der Waals surface area contributed by atoms with Crippen LogP contribution in [0.3, 0.4) is 0 Å². The molecule has 0 aromatic carbocycles. The number of unbranched alkanes of at least 4 members (excludes halogenated alkanes) is 1. The maximum atomic E-state index is 5.23. The summed E-state index contributed by atoms with van der Waals surface area (Å²) in [6.45, 7) is 1.40. The summed E-state index contributed by atoms with van der Waals surface area (Å²) >= 11 is 0. The topological polar surface area (TPSA) is 102 Å². The summed E-state index contributed by atoms with van der Waals surface area (Å²) in [5.74, 6) is 0.159. The summed E-state index contributed by atoms with van der Waals surface area (Å²) in [5, 5.41) is 3.86. The first-order valence-electron chi connectivity index (χ1n) is 9.24. The molecule has 0 atom stereocenters. The van der Waals surface area contributed by atoms with Crippen molar-refractivity contribution in [1.82, 2.24) is 5.32 Å². The van der Waals surface area contributed by atoms with Crippen LogP contribution in [0.1, 0.15) is 77.0 Å². The van der Waals surface area contributed by atoms with Crippen molar-refractivity contribution in [3.05, 3.63) is 0 Å². The Morgan fingerprint density at radius 2 is 1.32 bits per heavy atom. The quantitative estimate of drug-likeness (QED) is 0.343. The molecule has 7 N–H and O–H groups in total. The monoisotopic (exact) mass is 311 g/mol. The van der Waals surface area contributed by atoms with Crippen LogP contribution in [0, 0.1) is 0 Å². The molecule has 5 heteroatoms. The normalized spacial score (nSPS) is 20.0. The van der Waals surface area contributed by atoms with Gasteiger partial charge in [0, 0.05) is 18.6 Å². The minimum Gasteiger partial charge on any atom is -0.370 e. The fraction of sp³-hybridized carbons (Fsp3) is 0.941. The molecule has 0 saturated heterocycles. The molecule has 2 fully saturated rings. The van der Waals surface area contributed by atoms with Crippen LogP contribution < -0.4 is 22.5 Å². The molecule has 0 amide bonds. The van der Waals surface area contributed by atoms with E-state index in [-0.39, 0.29) is 5.96 Å². The minimum absolute atomic E-state index is 0.159. The first-order chi connectivity index (χ1) is 10.7. The van der Waals surface area contributed by atoms with Crippen molar-refractivity contribution in [3.63, 3.8) is 0 Å². The summed E-state index contributed by atoms with van der Waals surface area (Å²) < 4.78 is 0. The first-order valence-corrected chi connectivity index (χ1v) is 9.24. The molecule has 2 rings (SSSR count). The summed E-state index contributed by atoms with van der Waals surface area (Å²) in [4.78, 5) is 3.78. The molecule has 130 valence electrons. The molecule has 5 nitrogen and oxygen atoms in total. The van der Waals surface area contributed by atoms with Gasteiger partial charge in [0.05, 0.1) is 0 Å². The third-order valence-electron chi connectivity index (χ3n) is 4.59. The van der Waals surface area contributed by atoms with E-state index in [1.807, 2.05) is 0 Å². The molecular weight excluding hydrogens is 274 g/mol. The molecule has 0 aromatic rings. The molecular formula is C17H37N5. The number of nitrogens with one attached hydrogen (secondary N) is 1. The van der Waals surface area contributed by atoms with Crippen molar-refractivity contribution < 1.29 is 0 Å². The molecule has 2 aliphatic carbocycles. The number of nitrogens with zero attached hydrogens (tertiary/aromatic N) is 1. The minimum atomic E-state index is 0.159. The Morgan fingerprint density at radius 1 is 0.818 bits per heavy atom. The second kappa shape index (κ2) is 12.7. The Balaban J connectivity index is 0.000000239. The van der Waals surface area contributed by atoms with Gasteiger partial charge >= 0.3 is 0 Å². The predicted molar refractivity (Wildman–Crippen MR) is 95.8 cm³/mol. The van der Waals surface area contributed by atoms with E-state index in [9.17, 15) is 0 Å². The van der Waals surface area contributed by atoms with Crippen molar-refractivity contribution in [2.75, 3.05) is 13.1 Å². The van der Waals surface area contributed by atoms with Gasteiger partial charge in [-0.3, -0.25) is 4.99 Å². The van der Waals surface area contributed by atoms with Crippen molar-refractivity contribution in [2.24, 2.45) is 22.2 Å². The van der Waals surface area contributed by atoms with Gasteiger partial charge in [0.15, 0.2) is 5.96 Å². The van der Waals surface area contributed by atoms with Gasteiger partial charge in [0.1, 0.15) is 0 Å². The van der Waals surface area contributed by atoms with Gasteiger partial charge < -0.3 is 22.5 Å². The van der Waals surface area contributed by atoms with Gasteiger partial charge in [0.2, 0.25) is 0 Å². The third kappa shape index (κ3) is 10.0. The van der Waals surface area contributed by atoms with Crippen LogP contribution in [0.4, 0.5) is 0 Å². The lowest BCUT2D eigenvalue weighted by Crippen LogP contribution is -2.40. The second-order valence-electron chi connectivity index (χ2n) is 6.64. The SMILES string of the molecule is C1CCC(NC2CCCCC2)CC1.NCCCCN=C(N)N. The zero-order valence-corrected chi connectivity index (χ0v) is 14.2. The average Bonchev–Trinajstić information content (AvgIpc) is 2.54. The van der Waals surface area contributed by atoms with Crippen LogP contribution in [0.15, 0.2) is 4.99 Å². The Hall–Kier alpha value is -0.810. The van der Waals surface area contributed by atoms with Gasteiger partial charge in [-0.15, -0.1) is 0 Å². The lowest BCUT2D eigenvalue weighted by atomic mass is 9.91. The van der Waals surface area contributed by atoms with Crippen LogP contribution in [-0.2, 0) is 0 Å². The van der Waals surface area contributed by atoms with Crippen molar-refractivity contribution in [3.8, 4) is 0 Å². The molecule has 22 heavy (non-hydrogen) atoms. The van der Waals surface area contributed by atoms with Gasteiger partial charge in [-0.05, 0) is 45.1 Å². The van der Waals surface area contributed by atoms with E-state index in [0.29, 0.717) is 13.1 Å². The summed E-state index contributed by atoms with van der Waals surface area (Å²) in [6, 6.07) is 1.74. The van der Waals surface area contributed by atoms with E-state index >= 15 is 0 Å². The number of rotatable bonds is 6. The van der Waals surface area contributed by atoms with E-state index in [1.54, 1.807) is 0 Å². The Morgan fingerprint density at radius 3 is 1.73 bits per heavy atom. The van der Waals surface area contributed by atoms with Crippen LogP contribution in [0.5, 0.6) is 0 Å². The zero-order valence-electron chi connectivity index (χ0n) is 14.2. The van der Waals surface area contributed by atoms with Crippen LogP contribution in [0.25, 0.3) is 0 Å². The van der Waals surface area contributed by atoms with Gasteiger partial charge in [-0.25, -0.2) is 0 Å². The highest BCUT2D eigenvalue weighted by Gasteiger charge is 2.19. The Bertz CT molecular complexity index is 261. The molecule has 2 aliphatic rings. The van der Waals surface area contributed by atoms with Crippen molar-refractivity contribution >= 4 is 5.96 Å². The summed E-state index contributed by atoms with van der Waals surface area (Å²) in [5.41, 5.74) is 15.4. The zero-order chi connectivity index (χ0) is 16.0. The van der Waals surface area contributed by atoms with Gasteiger partial charge in [-0.1, -0.05) is 38.5 Å². The highest BCUT2D eigenvalue weighted by molar-refractivity contribution is 5.75. The lowest BCUT2D eigenvalue weighted by Gasteiger charge is -2.30. The van der Waals surface area contributed by atoms with Crippen LogP contribution in [-0.4, -0.2) is 31.1 Å². The van der Waals surface area contributed by atoms with Crippen molar-refractivity contribution in [2.45, 2.75) is 89.1 Å². The maximum Gasteiger partial charge on any atom is 0.185 e. The van der Waals surface area contributed by atoms with Gasteiger partial charge in [-0.2, -0.15) is 0 Å². The summed E-state index contributed by atoms with van der Waals surface area (Å²) in [7, 11) is 0. The predicted octanol–water partition coefficient (Wildman–Crippen LogP) is 2.24. The van der Waals surface area contributed by atoms with E-state index in [4.69, 9.17) is 17.2 Å². The van der Waals surface area contributed by atoms with Crippen LogP contribution in [0.2, 0.25) is 0 Å². The smallest absolute Gasteiger partial charge is 0.185 e. The fourth-order valence-electron chi connectivity index (χ4n) is 3.34. The number of nitrogens with two attached hydrogens (primary N) is 3. The van der Waals surface area contributed by atoms with Gasteiger partial charge in [0.25, 0.3) is 0 Å². The standard InChI is InChI=1S/C12H23N.C5H14N4/c1-3-7-11(8-4-1)13-12-9-5-2-6-10-12;6-3-1-2-4-9-5(7)8/h11-13H,1-10H2;1-4,6H2,(H4,7,8,9). The number of hydrogen-bond acceptors (Lipinski definition) is 3. The molecule has 0 aromatic heterocycles. The largest absolute Gasteiger partial charge is 0.370 e. The fourth-order valence-corrected chi connectivity index (χ4v) is 3.34. The Kier molecular flexibility index (Phi) is 11.1. The molecule has 0 unspecified atom stereocenters. The molecule has 0 aliphatic heterocycles. The van der Waals surface area contributed by atoms with E-state index in [2.05, 4.69) is 10.3 Å². The summed E-state index contributed by atoms with van der Waals surface area (Å²) in [6.07, 6.45) is 16.5. The molecule has 2 saturated carbocycles. The molecule has 0 radical (unpaired) electrons. The van der Waals surface area contributed by atoms with E-state index in [1.165, 1.54) is 64.2 Å². The van der Waals surface area contributed by atoms with E-state index in [0.717, 1.165) is 24.9 Å². The average molecular weight is 312 g/mol.